The first-order chi connectivity index (χ1) is 11.3. The quantitative estimate of drug-likeness (QED) is 0.862. The fraction of sp³-hybridized carbons (Fsp3) is 0.278. The molecule has 0 radical (unpaired) electrons. The van der Waals surface area contributed by atoms with E-state index in [2.05, 4.69) is 10.6 Å². The van der Waals surface area contributed by atoms with Gasteiger partial charge in [-0.1, -0.05) is 42.5 Å². The minimum atomic E-state index is -4.49. The van der Waals surface area contributed by atoms with Crippen LogP contribution >= 0.6 is 0 Å². The first-order valence-corrected chi connectivity index (χ1v) is 7.49. The van der Waals surface area contributed by atoms with Crippen molar-refractivity contribution in [1.82, 2.24) is 5.32 Å². The van der Waals surface area contributed by atoms with Crippen LogP contribution in [0.15, 0.2) is 48.5 Å². The van der Waals surface area contributed by atoms with Crippen LogP contribution < -0.4 is 10.6 Å². The predicted octanol–water partition coefficient (Wildman–Crippen LogP) is 4.14. The van der Waals surface area contributed by atoms with Gasteiger partial charge >= 0.3 is 6.18 Å². The van der Waals surface area contributed by atoms with Crippen molar-refractivity contribution in [2.45, 2.75) is 26.1 Å². The van der Waals surface area contributed by atoms with Gasteiger partial charge in [0.05, 0.1) is 6.54 Å². The van der Waals surface area contributed by atoms with Crippen LogP contribution in [0.3, 0.4) is 0 Å². The monoisotopic (exact) mass is 336 g/mol. The number of amides is 1. The summed E-state index contributed by atoms with van der Waals surface area (Å²) in [5.74, 6) is -0.520. The van der Waals surface area contributed by atoms with Gasteiger partial charge < -0.3 is 5.32 Å². The Labute approximate surface area is 138 Å². The van der Waals surface area contributed by atoms with E-state index in [1.807, 2.05) is 26.0 Å². The third kappa shape index (κ3) is 4.83. The van der Waals surface area contributed by atoms with Crippen LogP contribution in [-0.4, -0.2) is 18.6 Å². The lowest BCUT2D eigenvalue weighted by atomic mass is 10.1. The summed E-state index contributed by atoms with van der Waals surface area (Å²) in [5.41, 5.74) is 2.49. The minimum Gasteiger partial charge on any atom is -0.325 e. The van der Waals surface area contributed by atoms with Crippen LogP contribution in [0.2, 0.25) is 0 Å². The van der Waals surface area contributed by atoms with E-state index in [0.29, 0.717) is 5.69 Å². The Morgan fingerprint density at radius 1 is 1.08 bits per heavy atom. The molecule has 0 spiro atoms. The number of alkyl halides is 3. The maximum atomic E-state index is 13.2. The highest BCUT2D eigenvalue weighted by molar-refractivity contribution is 5.93. The van der Waals surface area contributed by atoms with Crippen molar-refractivity contribution in [2.75, 3.05) is 11.9 Å². The van der Waals surface area contributed by atoms with Gasteiger partial charge in [0.2, 0.25) is 5.91 Å². The lowest BCUT2D eigenvalue weighted by Gasteiger charge is -2.22. The van der Waals surface area contributed by atoms with Crippen molar-refractivity contribution in [3.8, 4) is 0 Å². The minimum absolute atomic E-state index is 0.0736. The number of nitrogens with one attached hydrogen (secondary N) is 2. The second-order valence-corrected chi connectivity index (χ2v) is 5.63. The number of halogens is 3. The largest absolute Gasteiger partial charge is 0.407 e. The second kappa shape index (κ2) is 7.49. The number of rotatable bonds is 5. The summed E-state index contributed by atoms with van der Waals surface area (Å²) in [6.07, 6.45) is -4.49. The Bertz CT molecular complexity index is 699. The van der Waals surface area contributed by atoms with E-state index in [9.17, 15) is 18.0 Å². The lowest BCUT2D eigenvalue weighted by molar-refractivity contribution is -0.158. The van der Waals surface area contributed by atoms with E-state index >= 15 is 0 Å². The van der Waals surface area contributed by atoms with Crippen molar-refractivity contribution in [2.24, 2.45) is 0 Å². The molecule has 0 bridgehead atoms. The molecule has 24 heavy (non-hydrogen) atoms. The number of anilines is 1. The third-order valence-electron chi connectivity index (χ3n) is 3.59. The van der Waals surface area contributed by atoms with Crippen molar-refractivity contribution in [3.05, 3.63) is 65.2 Å². The number of hydrogen-bond acceptors (Lipinski definition) is 2. The molecule has 1 amide bonds. The summed E-state index contributed by atoms with van der Waals surface area (Å²) < 4.78 is 39.6. The first kappa shape index (κ1) is 18.0. The average Bonchev–Trinajstić information content (AvgIpc) is 2.51. The van der Waals surface area contributed by atoms with Gasteiger partial charge in [0, 0.05) is 5.69 Å². The molecule has 0 saturated carbocycles. The molecular formula is C18H19F3N2O. The van der Waals surface area contributed by atoms with Crippen LogP contribution in [0.5, 0.6) is 0 Å². The number of hydrogen-bond donors (Lipinski definition) is 2. The zero-order valence-corrected chi connectivity index (χ0v) is 13.4. The van der Waals surface area contributed by atoms with E-state index in [1.54, 1.807) is 12.1 Å². The fourth-order valence-corrected chi connectivity index (χ4v) is 2.33. The molecule has 2 aromatic carbocycles. The molecule has 2 aromatic rings. The Balaban J connectivity index is 2.04. The first-order valence-electron chi connectivity index (χ1n) is 7.49. The fourth-order valence-electron chi connectivity index (χ4n) is 2.33. The molecule has 2 rings (SSSR count). The van der Waals surface area contributed by atoms with Gasteiger partial charge in [-0.05, 0) is 36.6 Å². The molecular weight excluding hydrogens is 317 g/mol. The molecule has 2 N–H and O–H groups in total. The summed E-state index contributed by atoms with van der Waals surface area (Å²) in [7, 11) is 0. The van der Waals surface area contributed by atoms with Crippen molar-refractivity contribution in [3.63, 3.8) is 0 Å². The van der Waals surface area contributed by atoms with Crippen LogP contribution in [0, 0.1) is 13.8 Å². The molecule has 1 atom stereocenters. The van der Waals surface area contributed by atoms with Gasteiger partial charge in [-0.25, -0.2) is 0 Å². The highest BCUT2D eigenvalue weighted by Gasteiger charge is 2.40. The summed E-state index contributed by atoms with van der Waals surface area (Å²) in [6.45, 7) is 3.26. The van der Waals surface area contributed by atoms with Crippen molar-refractivity contribution in [1.29, 1.82) is 0 Å². The molecule has 0 heterocycles. The van der Waals surface area contributed by atoms with Gasteiger partial charge in [0.1, 0.15) is 6.04 Å². The molecule has 0 aliphatic rings. The molecule has 0 aliphatic carbocycles. The van der Waals surface area contributed by atoms with E-state index in [-0.39, 0.29) is 5.56 Å². The third-order valence-corrected chi connectivity index (χ3v) is 3.59. The lowest BCUT2D eigenvalue weighted by Crippen LogP contribution is -2.38. The second-order valence-electron chi connectivity index (χ2n) is 5.63. The Morgan fingerprint density at radius 3 is 2.38 bits per heavy atom. The van der Waals surface area contributed by atoms with Crippen LogP contribution in [-0.2, 0) is 4.79 Å². The van der Waals surface area contributed by atoms with E-state index in [1.165, 1.54) is 24.3 Å². The maximum Gasteiger partial charge on any atom is 0.407 e. The maximum absolute atomic E-state index is 13.2. The van der Waals surface area contributed by atoms with E-state index < -0.39 is 24.7 Å². The molecule has 6 heteroatoms. The van der Waals surface area contributed by atoms with Crippen molar-refractivity contribution >= 4 is 11.6 Å². The van der Waals surface area contributed by atoms with Gasteiger partial charge in [0.15, 0.2) is 0 Å². The Kier molecular flexibility index (Phi) is 5.62. The molecule has 0 aliphatic heterocycles. The Morgan fingerprint density at radius 2 is 1.75 bits per heavy atom. The standard InChI is InChI=1S/C18H19F3N2O/c1-12-8-9-13(2)15(10-12)23-16(24)11-22-17(18(19,20)21)14-6-4-3-5-7-14/h3-10,17,22H,11H2,1-2H3,(H,23,24)/t17-/m0/s1. The SMILES string of the molecule is Cc1ccc(C)c(NC(=O)CN[C@@H](c2ccccc2)C(F)(F)F)c1. The summed E-state index contributed by atoms with van der Waals surface area (Å²) in [5, 5.41) is 4.93. The van der Waals surface area contributed by atoms with Crippen LogP contribution in [0.25, 0.3) is 0 Å². The highest BCUT2D eigenvalue weighted by atomic mass is 19.4. The molecule has 128 valence electrons. The van der Waals surface area contributed by atoms with Gasteiger partial charge in [-0.2, -0.15) is 13.2 Å². The molecule has 3 nitrogen and oxygen atoms in total. The van der Waals surface area contributed by atoms with E-state index in [4.69, 9.17) is 0 Å². The van der Waals surface area contributed by atoms with Crippen molar-refractivity contribution < 1.29 is 18.0 Å². The summed E-state index contributed by atoms with van der Waals surface area (Å²) in [4.78, 5) is 12.0. The van der Waals surface area contributed by atoms with E-state index in [0.717, 1.165) is 11.1 Å². The molecule has 0 saturated heterocycles. The topological polar surface area (TPSA) is 41.1 Å². The zero-order valence-electron chi connectivity index (χ0n) is 13.4. The predicted molar refractivity (Wildman–Crippen MR) is 87.8 cm³/mol. The van der Waals surface area contributed by atoms with Crippen LogP contribution in [0.1, 0.15) is 22.7 Å². The number of carbonyl (C=O) groups excluding carboxylic acids is 1. The smallest absolute Gasteiger partial charge is 0.325 e. The number of benzene rings is 2. The number of aryl methyl sites for hydroxylation is 2. The zero-order chi connectivity index (χ0) is 17.7. The van der Waals surface area contributed by atoms with Gasteiger partial charge in [-0.15, -0.1) is 0 Å². The molecule has 0 unspecified atom stereocenters. The highest BCUT2D eigenvalue weighted by Crippen LogP contribution is 2.32. The Hall–Kier alpha value is -2.34. The summed E-state index contributed by atoms with van der Waals surface area (Å²) >= 11 is 0. The average molecular weight is 336 g/mol. The number of carbonyl (C=O) groups is 1. The van der Waals surface area contributed by atoms with Gasteiger partial charge in [-0.3, -0.25) is 10.1 Å². The molecule has 0 aromatic heterocycles. The normalized spacial score (nSPS) is 12.7. The van der Waals surface area contributed by atoms with Crippen LogP contribution in [0.4, 0.5) is 18.9 Å². The summed E-state index contributed by atoms with van der Waals surface area (Å²) in [6, 6.07) is 11.1. The van der Waals surface area contributed by atoms with Gasteiger partial charge in [0.25, 0.3) is 0 Å². The molecule has 0 fully saturated rings.